The maximum Gasteiger partial charge on any atom is 0.224 e. The van der Waals surface area contributed by atoms with Crippen LogP contribution in [0, 0.1) is 6.92 Å². The first-order chi connectivity index (χ1) is 13.1. The number of aryl methyl sites for hydroxylation is 2. The summed E-state index contributed by atoms with van der Waals surface area (Å²) in [5, 5.41) is 10.7. The lowest BCUT2D eigenvalue weighted by molar-refractivity contribution is -0.134. The van der Waals surface area contributed by atoms with Crippen molar-refractivity contribution in [3.05, 3.63) is 48.8 Å². The second-order valence-corrected chi connectivity index (χ2v) is 7.27. The molecule has 0 radical (unpaired) electrons. The average Bonchev–Trinajstić information content (AvgIpc) is 3.37. The smallest absolute Gasteiger partial charge is 0.224 e. The third-order valence-corrected chi connectivity index (χ3v) is 5.74. The molecule has 3 atom stereocenters. The van der Waals surface area contributed by atoms with Gasteiger partial charge >= 0.3 is 0 Å². The molecule has 27 heavy (non-hydrogen) atoms. The van der Waals surface area contributed by atoms with E-state index in [0.717, 1.165) is 29.7 Å². The van der Waals surface area contributed by atoms with Gasteiger partial charge in [-0.2, -0.15) is 0 Å². The van der Waals surface area contributed by atoms with Crippen molar-refractivity contribution in [2.75, 3.05) is 7.05 Å². The van der Waals surface area contributed by atoms with Crippen molar-refractivity contribution in [3.8, 4) is 0 Å². The maximum atomic E-state index is 12.8. The predicted octanol–water partition coefficient (Wildman–Crippen LogP) is 2.15. The topological polar surface area (TPSA) is 76.2 Å². The number of para-hydroxylation sites is 2. The van der Waals surface area contributed by atoms with Crippen LogP contribution in [0.15, 0.2) is 43.0 Å². The molecule has 2 heterocycles. The molecule has 0 aliphatic heterocycles. The summed E-state index contributed by atoms with van der Waals surface area (Å²) in [7, 11) is 1.80. The number of imidazole rings is 2. The first-order valence-electron chi connectivity index (χ1n) is 9.39. The molecule has 1 amide bonds. The highest BCUT2D eigenvalue weighted by Crippen LogP contribution is 2.33. The van der Waals surface area contributed by atoms with Crippen molar-refractivity contribution in [2.24, 2.45) is 0 Å². The Balaban J connectivity index is 1.42. The fourth-order valence-electron chi connectivity index (χ4n) is 4.20. The minimum absolute atomic E-state index is 0.0208. The van der Waals surface area contributed by atoms with Gasteiger partial charge in [0.15, 0.2) is 0 Å². The van der Waals surface area contributed by atoms with E-state index in [0.29, 0.717) is 13.0 Å². The first kappa shape index (κ1) is 17.7. The molecular formula is C20H25N5O2. The maximum absolute atomic E-state index is 12.8. The van der Waals surface area contributed by atoms with Gasteiger partial charge in [-0.1, -0.05) is 12.1 Å². The quantitative estimate of drug-likeness (QED) is 0.750. The summed E-state index contributed by atoms with van der Waals surface area (Å²) < 4.78 is 4.02. The Labute approximate surface area is 158 Å². The van der Waals surface area contributed by atoms with Gasteiger partial charge in [-0.3, -0.25) is 4.79 Å². The molecule has 0 spiro atoms. The van der Waals surface area contributed by atoms with Gasteiger partial charge in [0.1, 0.15) is 5.82 Å². The Bertz CT molecular complexity index is 933. The molecule has 7 heteroatoms. The fourth-order valence-corrected chi connectivity index (χ4v) is 4.20. The summed E-state index contributed by atoms with van der Waals surface area (Å²) in [6, 6.07) is 7.78. The number of fused-ring (bicyclic) bond motifs is 1. The predicted molar refractivity (Wildman–Crippen MR) is 102 cm³/mol. The fraction of sp³-hybridized carbons (Fsp3) is 0.450. The van der Waals surface area contributed by atoms with Gasteiger partial charge in [0.2, 0.25) is 5.91 Å². The second-order valence-electron chi connectivity index (χ2n) is 7.27. The summed E-state index contributed by atoms with van der Waals surface area (Å²) >= 11 is 0. The highest BCUT2D eigenvalue weighted by atomic mass is 16.3. The zero-order valence-corrected chi connectivity index (χ0v) is 15.7. The zero-order valence-electron chi connectivity index (χ0n) is 15.7. The minimum atomic E-state index is -0.580. The average molecular weight is 367 g/mol. The Morgan fingerprint density at radius 3 is 2.93 bits per heavy atom. The van der Waals surface area contributed by atoms with Crippen LogP contribution in [0.3, 0.4) is 0 Å². The van der Waals surface area contributed by atoms with Crippen LogP contribution in [0.1, 0.15) is 31.1 Å². The van der Waals surface area contributed by atoms with Crippen molar-refractivity contribution in [3.63, 3.8) is 0 Å². The number of aliphatic hydroxyl groups excluding tert-OH is 1. The normalized spacial score (nSPS) is 22.4. The van der Waals surface area contributed by atoms with E-state index >= 15 is 0 Å². The number of hydrogen-bond donors (Lipinski definition) is 1. The zero-order chi connectivity index (χ0) is 19.0. The Morgan fingerprint density at radius 1 is 1.33 bits per heavy atom. The highest BCUT2D eigenvalue weighted by Gasteiger charge is 2.39. The molecule has 1 N–H and O–H groups in total. The van der Waals surface area contributed by atoms with E-state index in [9.17, 15) is 9.90 Å². The van der Waals surface area contributed by atoms with Crippen LogP contribution in [0.25, 0.3) is 11.0 Å². The lowest BCUT2D eigenvalue weighted by atomic mass is 10.1. The van der Waals surface area contributed by atoms with Gasteiger partial charge in [0.05, 0.1) is 35.5 Å². The molecule has 3 aromatic rings. The molecule has 1 saturated carbocycles. The van der Waals surface area contributed by atoms with Crippen LogP contribution in [-0.2, 0) is 11.3 Å². The van der Waals surface area contributed by atoms with Crippen molar-refractivity contribution < 1.29 is 9.90 Å². The van der Waals surface area contributed by atoms with Crippen molar-refractivity contribution in [2.45, 2.75) is 50.9 Å². The molecule has 4 rings (SSSR count). The van der Waals surface area contributed by atoms with E-state index in [1.807, 2.05) is 42.0 Å². The van der Waals surface area contributed by atoms with Crippen molar-refractivity contribution in [1.82, 2.24) is 24.0 Å². The molecule has 1 aliphatic rings. The molecule has 1 fully saturated rings. The van der Waals surface area contributed by atoms with E-state index in [-0.39, 0.29) is 18.0 Å². The summed E-state index contributed by atoms with van der Waals surface area (Å²) in [6.45, 7) is 2.55. The van der Waals surface area contributed by atoms with E-state index in [1.54, 1.807) is 24.5 Å². The largest absolute Gasteiger partial charge is 0.389 e. The SMILES string of the molecule is Cc1nc2ccccc2n1CCC(=O)N(C)[C@@H]1CC[C@@H](n2ccnc2)[C@@H]1O. The minimum Gasteiger partial charge on any atom is -0.389 e. The molecule has 1 aliphatic carbocycles. The van der Waals surface area contributed by atoms with Crippen LogP contribution in [-0.4, -0.2) is 54.2 Å². The number of carbonyl (C=O) groups excluding carboxylic acids is 1. The summed E-state index contributed by atoms with van der Waals surface area (Å²) in [4.78, 5) is 23.1. The molecule has 0 bridgehead atoms. The van der Waals surface area contributed by atoms with Gasteiger partial charge < -0.3 is 19.1 Å². The van der Waals surface area contributed by atoms with Crippen molar-refractivity contribution >= 4 is 16.9 Å². The number of rotatable bonds is 5. The van der Waals surface area contributed by atoms with Crippen molar-refractivity contribution in [1.29, 1.82) is 0 Å². The molecule has 1 aromatic carbocycles. The van der Waals surface area contributed by atoms with Gasteiger partial charge in [0.25, 0.3) is 0 Å². The number of amides is 1. The summed E-state index contributed by atoms with van der Waals surface area (Å²) in [5.74, 6) is 0.954. The van der Waals surface area contributed by atoms with Crippen LogP contribution in [0.2, 0.25) is 0 Å². The number of aromatic nitrogens is 4. The van der Waals surface area contributed by atoms with Crippen LogP contribution < -0.4 is 0 Å². The number of carbonyl (C=O) groups is 1. The van der Waals surface area contributed by atoms with Gasteiger partial charge in [-0.05, 0) is 31.9 Å². The monoisotopic (exact) mass is 367 g/mol. The number of aliphatic hydroxyl groups is 1. The lowest BCUT2D eigenvalue weighted by Gasteiger charge is -2.29. The van der Waals surface area contributed by atoms with E-state index in [2.05, 4.69) is 14.5 Å². The molecule has 7 nitrogen and oxygen atoms in total. The van der Waals surface area contributed by atoms with Gasteiger partial charge in [-0.25, -0.2) is 9.97 Å². The molecular weight excluding hydrogens is 342 g/mol. The number of hydrogen-bond acceptors (Lipinski definition) is 4. The van der Waals surface area contributed by atoms with E-state index in [4.69, 9.17) is 0 Å². The Kier molecular flexibility index (Phi) is 4.70. The molecule has 142 valence electrons. The third-order valence-electron chi connectivity index (χ3n) is 5.74. The number of likely N-dealkylation sites (N-methyl/N-ethyl adjacent to an activating group) is 1. The van der Waals surface area contributed by atoms with Gasteiger partial charge in [-0.15, -0.1) is 0 Å². The highest BCUT2D eigenvalue weighted by molar-refractivity contribution is 5.78. The number of nitrogens with zero attached hydrogens (tertiary/aromatic N) is 5. The number of benzene rings is 1. The molecule has 0 saturated heterocycles. The first-order valence-corrected chi connectivity index (χ1v) is 9.39. The van der Waals surface area contributed by atoms with Crippen LogP contribution >= 0.6 is 0 Å². The van der Waals surface area contributed by atoms with Crippen LogP contribution in [0.5, 0.6) is 0 Å². The summed E-state index contributed by atoms with van der Waals surface area (Å²) in [5.41, 5.74) is 2.00. The lowest BCUT2D eigenvalue weighted by Crippen LogP contribution is -2.43. The van der Waals surface area contributed by atoms with Gasteiger partial charge in [0, 0.05) is 32.4 Å². The van der Waals surface area contributed by atoms with E-state index in [1.165, 1.54) is 0 Å². The molecule has 0 unspecified atom stereocenters. The summed E-state index contributed by atoms with van der Waals surface area (Å²) in [6.07, 6.45) is 6.74. The standard InChI is InChI=1S/C20H25N5O2/c1-14-22-15-5-3-4-6-16(15)25(14)11-9-19(26)23(2)17-7-8-18(20(17)27)24-12-10-21-13-24/h3-6,10,12-13,17-18,20,27H,7-9,11H2,1-2H3/t17-,18-,20-/m1/s1. The Morgan fingerprint density at radius 2 is 2.15 bits per heavy atom. The van der Waals surface area contributed by atoms with Crippen LogP contribution in [0.4, 0.5) is 0 Å². The molecule has 2 aromatic heterocycles. The third kappa shape index (κ3) is 3.23. The second kappa shape index (κ2) is 7.15. The van der Waals surface area contributed by atoms with E-state index < -0.39 is 6.10 Å². The Hall–Kier alpha value is -2.67.